The van der Waals surface area contributed by atoms with Crippen molar-refractivity contribution in [2.45, 2.75) is 75.6 Å². The van der Waals surface area contributed by atoms with Gasteiger partial charge in [-0.2, -0.15) is 0 Å². The summed E-state index contributed by atoms with van der Waals surface area (Å²) in [4.78, 5) is 27.4. The predicted molar refractivity (Wildman–Crippen MR) is 108 cm³/mol. The van der Waals surface area contributed by atoms with Crippen molar-refractivity contribution in [3.05, 3.63) is 38.0 Å². The Hall–Kier alpha value is -1.57. The molecular weight excluding hydrogens is 467 g/mol. The van der Waals surface area contributed by atoms with Gasteiger partial charge in [-0.05, 0) is 18.2 Å². The van der Waals surface area contributed by atoms with E-state index in [0.717, 1.165) is 21.7 Å². The molecule has 0 bridgehead atoms. The molecule has 0 rings (SSSR count). The molecule has 0 saturated carbocycles. The van der Waals surface area contributed by atoms with Crippen molar-refractivity contribution in [3.8, 4) is 0 Å². The van der Waals surface area contributed by atoms with Crippen LogP contribution in [-0.4, -0.2) is 40.4 Å². The van der Waals surface area contributed by atoms with Crippen molar-refractivity contribution >= 4 is 40.4 Å². The third-order valence-corrected chi connectivity index (χ3v) is 5.39. The van der Waals surface area contributed by atoms with Gasteiger partial charge in [-0.3, -0.25) is 0 Å². The molecule has 0 aliphatic rings. The minimum atomic E-state index is -1.23. The predicted octanol–water partition coefficient (Wildman–Crippen LogP) is 1.26. The van der Waals surface area contributed by atoms with Crippen LogP contribution < -0.4 is 15.3 Å². The van der Waals surface area contributed by atoms with E-state index in [1.807, 2.05) is 0 Å². The maximum absolute atomic E-state index is 9.14. The number of hydrogen-bond acceptors (Lipinski definition) is 6. The molecule has 0 aliphatic carbocycles. The quantitative estimate of drug-likeness (QED) is 0.311. The average molecular weight is 501 g/mol. The standard InChI is InChI=1S/C12H25.3C3H4O2.Sn/c1-4-7-10-12(9-6-3)11-8-5-2;3*1-2-3(4)5;/h4-11H2,1-3H3;3*2H,1H2,(H,4,5);/q;;;;+3/p-3. The number of carboxylic acids is 3. The molecule has 0 aliphatic heterocycles. The molecular formula is C21H34O6Sn. The van der Waals surface area contributed by atoms with Crippen LogP contribution in [0.15, 0.2) is 38.0 Å². The zero-order chi connectivity index (χ0) is 23.0. The topological polar surface area (TPSA) is 120 Å². The van der Waals surface area contributed by atoms with E-state index in [1.165, 1.54) is 51.4 Å². The van der Waals surface area contributed by atoms with Crippen LogP contribution in [0.25, 0.3) is 0 Å². The fraction of sp³-hybridized carbons (Fsp3) is 0.571. The number of hydrogen-bond donors (Lipinski definition) is 0. The Bertz CT molecular complexity index is 395. The summed E-state index contributed by atoms with van der Waals surface area (Å²) in [5.74, 6) is -3.69. The normalized spacial score (nSPS) is 9.04. The molecule has 0 heterocycles. The summed E-state index contributed by atoms with van der Waals surface area (Å²) < 4.78 is 0.744. The summed E-state index contributed by atoms with van der Waals surface area (Å²) >= 11 is 1.79. The van der Waals surface area contributed by atoms with Gasteiger partial charge in [0.1, 0.15) is 0 Å². The van der Waals surface area contributed by atoms with Crippen molar-refractivity contribution < 1.29 is 29.7 Å². The second-order valence-corrected chi connectivity index (χ2v) is 8.83. The number of carbonyl (C=O) groups is 3. The third kappa shape index (κ3) is 39.5. The Morgan fingerprint density at radius 1 is 0.714 bits per heavy atom. The molecule has 0 unspecified atom stereocenters. The first-order valence-corrected chi connectivity index (χ1v) is 10.7. The van der Waals surface area contributed by atoms with Crippen LogP contribution in [0.1, 0.15) is 72.1 Å². The molecule has 0 aromatic heterocycles. The van der Waals surface area contributed by atoms with Gasteiger partial charge < -0.3 is 29.7 Å². The van der Waals surface area contributed by atoms with Crippen molar-refractivity contribution in [3.63, 3.8) is 0 Å². The third-order valence-electron chi connectivity index (χ3n) is 3.25. The van der Waals surface area contributed by atoms with Crippen LogP contribution in [0.3, 0.4) is 0 Å². The Balaban J connectivity index is -0.000000159. The molecule has 6 nitrogen and oxygen atoms in total. The first-order chi connectivity index (χ1) is 13.0. The van der Waals surface area contributed by atoms with Gasteiger partial charge in [-0.15, -0.1) is 0 Å². The average Bonchev–Trinajstić information content (AvgIpc) is 2.66. The molecule has 158 valence electrons. The molecule has 0 spiro atoms. The Morgan fingerprint density at radius 3 is 1.11 bits per heavy atom. The molecule has 0 saturated heterocycles. The van der Waals surface area contributed by atoms with Gasteiger partial charge in [0, 0.05) is 0 Å². The van der Waals surface area contributed by atoms with Gasteiger partial charge in [0.05, 0.1) is 17.9 Å². The number of aliphatic carboxylic acids is 3. The zero-order valence-electron chi connectivity index (χ0n) is 17.5. The summed E-state index contributed by atoms with van der Waals surface area (Å²) in [6.07, 6.45) is 13.6. The van der Waals surface area contributed by atoms with Crippen LogP contribution in [0, 0.1) is 0 Å². The van der Waals surface area contributed by atoms with Crippen LogP contribution in [-0.2, 0) is 14.4 Å². The molecule has 0 radical (unpaired) electrons. The SMILES string of the molecule is C=CC(=O)[O-].C=CC(=O)[O-].C=CC(=O)[O-].CCCC[C]([Sn+3])(CCC)CCCC. The van der Waals surface area contributed by atoms with Crippen molar-refractivity contribution in [1.29, 1.82) is 0 Å². The molecule has 0 amide bonds. The Morgan fingerprint density at radius 2 is 0.964 bits per heavy atom. The van der Waals surface area contributed by atoms with Gasteiger partial charge >= 0.3 is 98.1 Å². The maximum atomic E-state index is 9.14. The Kier molecular flexibility index (Phi) is 30.9. The van der Waals surface area contributed by atoms with E-state index >= 15 is 0 Å². The zero-order valence-corrected chi connectivity index (χ0v) is 20.3. The van der Waals surface area contributed by atoms with E-state index in [4.69, 9.17) is 29.7 Å². The molecule has 0 N–H and O–H groups in total. The molecule has 0 atom stereocenters. The fourth-order valence-electron chi connectivity index (χ4n) is 1.88. The van der Waals surface area contributed by atoms with Crippen LogP contribution in [0.5, 0.6) is 0 Å². The monoisotopic (exact) mass is 502 g/mol. The van der Waals surface area contributed by atoms with Gasteiger partial charge in [-0.1, -0.05) is 19.7 Å². The summed E-state index contributed by atoms with van der Waals surface area (Å²) in [5.41, 5.74) is 0. The van der Waals surface area contributed by atoms with Crippen LogP contribution in [0.4, 0.5) is 0 Å². The summed E-state index contributed by atoms with van der Waals surface area (Å²) in [7, 11) is 0. The second kappa shape index (κ2) is 25.4. The minimum absolute atomic E-state index is 0.722. The van der Waals surface area contributed by atoms with Crippen molar-refractivity contribution in [2.24, 2.45) is 0 Å². The van der Waals surface area contributed by atoms with E-state index in [1.54, 1.807) is 22.5 Å². The molecule has 0 fully saturated rings. The van der Waals surface area contributed by atoms with Crippen LogP contribution >= 0.6 is 0 Å². The number of carbonyl (C=O) groups excluding carboxylic acids is 3. The van der Waals surface area contributed by atoms with E-state index in [0.29, 0.717) is 0 Å². The summed E-state index contributed by atoms with van der Waals surface area (Å²) in [5, 5.41) is 27.4. The van der Waals surface area contributed by atoms with E-state index < -0.39 is 17.9 Å². The van der Waals surface area contributed by atoms with E-state index in [-0.39, 0.29) is 0 Å². The number of unbranched alkanes of at least 4 members (excludes halogenated alkanes) is 2. The van der Waals surface area contributed by atoms with Gasteiger partial charge in [0.15, 0.2) is 0 Å². The number of carboxylic acid groups (broad SMARTS) is 3. The second-order valence-electron chi connectivity index (χ2n) is 5.81. The van der Waals surface area contributed by atoms with E-state index in [2.05, 4.69) is 40.5 Å². The molecule has 7 heteroatoms. The molecule has 0 aromatic carbocycles. The van der Waals surface area contributed by atoms with Gasteiger partial charge in [0.25, 0.3) is 0 Å². The molecule has 28 heavy (non-hydrogen) atoms. The van der Waals surface area contributed by atoms with Gasteiger partial charge in [0.2, 0.25) is 0 Å². The van der Waals surface area contributed by atoms with Crippen molar-refractivity contribution in [2.75, 3.05) is 0 Å². The van der Waals surface area contributed by atoms with E-state index in [9.17, 15) is 0 Å². The summed E-state index contributed by atoms with van der Waals surface area (Å²) in [6, 6.07) is 0. The molecule has 0 aromatic rings. The first-order valence-electron chi connectivity index (χ1n) is 9.25. The van der Waals surface area contributed by atoms with Gasteiger partial charge in [-0.25, -0.2) is 0 Å². The summed E-state index contributed by atoms with van der Waals surface area (Å²) in [6.45, 7) is 15.6. The van der Waals surface area contributed by atoms with Crippen LogP contribution in [0.2, 0.25) is 3.43 Å². The number of rotatable bonds is 11. The van der Waals surface area contributed by atoms with Crippen molar-refractivity contribution in [1.82, 2.24) is 0 Å². The first kappa shape index (κ1) is 34.0. The fourth-order valence-corrected chi connectivity index (χ4v) is 3.61. The Labute approximate surface area is 183 Å².